The molecular formula is C15H24BO2Si. The molecule has 0 amide bonds. The number of rotatable bonds is 3. The maximum Gasteiger partial charge on any atom is 0.462 e. The standard InChI is InChI=1S/C15H24BO2Si/c1-14(2)15(3,4)18-16(17-14)11-12-9-7-8-10-13(12)19(5)6/h7-10H,11H2,1-6H3. The predicted octanol–water partition coefficient (Wildman–Crippen LogP) is 2.82. The van der Waals surface area contributed by atoms with Crippen LogP contribution in [0.1, 0.15) is 33.3 Å². The van der Waals surface area contributed by atoms with Crippen molar-refractivity contribution in [3.8, 4) is 0 Å². The van der Waals surface area contributed by atoms with Crippen molar-refractivity contribution in [3.63, 3.8) is 0 Å². The Morgan fingerprint density at radius 1 is 1.00 bits per heavy atom. The zero-order chi connectivity index (χ0) is 14.3. The highest BCUT2D eigenvalue weighted by Gasteiger charge is 2.50. The molecule has 2 rings (SSSR count). The van der Waals surface area contributed by atoms with E-state index in [9.17, 15) is 0 Å². The van der Waals surface area contributed by atoms with E-state index in [0.29, 0.717) is 0 Å². The van der Waals surface area contributed by atoms with Gasteiger partial charge in [0, 0.05) is 6.32 Å². The van der Waals surface area contributed by atoms with Crippen molar-refractivity contribution in [2.75, 3.05) is 0 Å². The minimum atomic E-state index is -0.451. The minimum absolute atomic E-state index is 0.132. The lowest BCUT2D eigenvalue weighted by atomic mass is 9.81. The zero-order valence-electron chi connectivity index (χ0n) is 12.9. The quantitative estimate of drug-likeness (QED) is 0.790. The van der Waals surface area contributed by atoms with Gasteiger partial charge in [0.25, 0.3) is 0 Å². The van der Waals surface area contributed by atoms with Crippen LogP contribution < -0.4 is 5.19 Å². The van der Waals surface area contributed by atoms with E-state index < -0.39 is 8.80 Å². The Morgan fingerprint density at radius 3 is 2.05 bits per heavy atom. The molecule has 1 aromatic carbocycles. The largest absolute Gasteiger partial charge is 0.462 e. The summed E-state index contributed by atoms with van der Waals surface area (Å²) < 4.78 is 12.2. The van der Waals surface area contributed by atoms with Crippen LogP contribution in [0, 0.1) is 0 Å². The van der Waals surface area contributed by atoms with Crippen molar-refractivity contribution in [1.29, 1.82) is 0 Å². The van der Waals surface area contributed by atoms with Gasteiger partial charge in [-0.15, -0.1) is 0 Å². The maximum absolute atomic E-state index is 6.09. The first kappa shape index (κ1) is 14.8. The van der Waals surface area contributed by atoms with Crippen molar-refractivity contribution < 1.29 is 9.31 Å². The molecular weight excluding hydrogens is 251 g/mol. The fourth-order valence-electron chi connectivity index (χ4n) is 2.41. The normalized spacial score (nSPS) is 21.1. The first-order valence-corrected chi connectivity index (χ1v) is 9.47. The van der Waals surface area contributed by atoms with Gasteiger partial charge in [0.2, 0.25) is 0 Å². The van der Waals surface area contributed by atoms with Crippen molar-refractivity contribution in [3.05, 3.63) is 29.8 Å². The summed E-state index contributed by atoms with van der Waals surface area (Å²) in [7, 11) is -0.583. The number of benzene rings is 1. The van der Waals surface area contributed by atoms with Crippen LogP contribution in [-0.2, 0) is 15.6 Å². The SMILES string of the molecule is C[Si](C)c1ccccc1CB1OC(C)(C)C(C)(C)O1. The molecule has 1 aromatic rings. The third-order valence-electron chi connectivity index (χ3n) is 4.24. The lowest BCUT2D eigenvalue weighted by Crippen LogP contribution is -2.41. The van der Waals surface area contributed by atoms with Crippen LogP contribution in [0.2, 0.25) is 13.1 Å². The van der Waals surface area contributed by atoms with Gasteiger partial charge in [-0.1, -0.05) is 48.1 Å². The third-order valence-corrected chi connectivity index (χ3v) is 5.81. The first-order chi connectivity index (χ1) is 8.73. The van der Waals surface area contributed by atoms with Gasteiger partial charge in [-0.3, -0.25) is 0 Å². The number of hydrogen-bond donors (Lipinski definition) is 0. The molecule has 1 saturated heterocycles. The molecule has 0 saturated carbocycles. The molecule has 2 nitrogen and oxygen atoms in total. The Hall–Kier alpha value is -0.578. The van der Waals surface area contributed by atoms with Gasteiger partial charge in [0.05, 0.1) is 20.0 Å². The summed E-state index contributed by atoms with van der Waals surface area (Å²) in [5.41, 5.74) is 0.900. The molecule has 0 atom stereocenters. The second kappa shape index (κ2) is 5.08. The van der Waals surface area contributed by atoms with Crippen LogP contribution in [0.3, 0.4) is 0 Å². The third kappa shape index (κ3) is 2.96. The van der Waals surface area contributed by atoms with Crippen molar-refractivity contribution in [2.45, 2.75) is 58.3 Å². The van der Waals surface area contributed by atoms with Gasteiger partial charge in [-0.2, -0.15) is 0 Å². The molecule has 0 aliphatic carbocycles. The van der Waals surface area contributed by atoms with Gasteiger partial charge < -0.3 is 9.31 Å². The Balaban J connectivity index is 2.16. The fourth-order valence-corrected chi connectivity index (χ4v) is 3.67. The lowest BCUT2D eigenvalue weighted by Gasteiger charge is -2.32. The summed E-state index contributed by atoms with van der Waals surface area (Å²) in [5.74, 6) is 0. The molecule has 1 heterocycles. The molecule has 0 spiro atoms. The van der Waals surface area contributed by atoms with E-state index in [-0.39, 0.29) is 18.3 Å². The summed E-state index contributed by atoms with van der Waals surface area (Å²) >= 11 is 0. The van der Waals surface area contributed by atoms with Crippen molar-refractivity contribution in [2.24, 2.45) is 0 Å². The van der Waals surface area contributed by atoms with E-state index in [1.54, 1.807) is 0 Å². The average Bonchev–Trinajstić information content (AvgIpc) is 2.47. The molecule has 103 valence electrons. The molecule has 1 radical (unpaired) electrons. The van der Waals surface area contributed by atoms with Crippen LogP contribution in [-0.4, -0.2) is 27.1 Å². The highest BCUT2D eigenvalue weighted by atomic mass is 28.3. The van der Waals surface area contributed by atoms with Crippen molar-refractivity contribution >= 4 is 21.1 Å². The van der Waals surface area contributed by atoms with Crippen LogP contribution in [0.5, 0.6) is 0 Å². The Labute approximate surface area is 119 Å². The van der Waals surface area contributed by atoms with Crippen LogP contribution in [0.15, 0.2) is 24.3 Å². The Morgan fingerprint density at radius 2 is 1.53 bits per heavy atom. The Bertz CT molecular complexity index is 441. The van der Waals surface area contributed by atoms with E-state index in [1.165, 1.54) is 10.8 Å². The van der Waals surface area contributed by atoms with Gasteiger partial charge in [0.1, 0.15) is 0 Å². The zero-order valence-corrected chi connectivity index (χ0v) is 13.9. The highest BCUT2D eigenvalue weighted by Crippen LogP contribution is 2.37. The van der Waals surface area contributed by atoms with Gasteiger partial charge in [-0.05, 0) is 27.7 Å². The first-order valence-electron chi connectivity index (χ1n) is 6.97. The van der Waals surface area contributed by atoms with Crippen LogP contribution in [0.4, 0.5) is 0 Å². The topological polar surface area (TPSA) is 18.5 Å². The summed E-state index contributed by atoms with van der Waals surface area (Å²) in [6.45, 7) is 13.1. The van der Waals surface area contributed by atoms with Crippen LogP contribution in [0.25, 0.3) is 0 Å². The molecule has 1 aliphatic heterocycles. The molecule has 19 heavy (non-hydrogen) atoms. The summed E-state index contributed by atoms with van der Waals surface area (Å²) in [6, 6.07) is 8.68. The Kier molecular flexibility index (Phi) is 3.96. The maximum atomic E-state index is 6.09. The van der Waals surface area contributed by atoms with E-state index in [2.05, 4.69) is 65.1 Å². The molecule has 0 bridgehead atoms. The molecule has 0 aromatic heterocycles. The molecule has 4 heteroatoms. The smallest absolute Gasteiger partial charge is 0.403 e. The molecule has 0 N–H and O–H groups in total. The van der Waals surface area contributed by atoms with Gasteiger partial charge >= 0.3 is 7.12 Å². The van der Waals surface area contributed by atoms with Crippen LogP contribution >= 0.6 is 0 Å². The average molecular weight is 275 g/mol. The summed E-state index contributed by atoms with van der Waals surface area (Å²) in [6.07, 6.45) is 0.846. The highest BCUT2D eigenvalue weighted by molar-refractivity contribution is 6.71. The minimum Gasteiger partial charge on any atom is -0.403 e. The van der Waals surface area contributed by atoms with E-state index in [1.807, 2.05) is 0 Å². The van der Waals surface area contributed by atoms with E-state index in [4.69, 9.17) is 9.31 Å². The van der Waals surface area contributed by atoms with Crippen molar-refractivity contribution in [1.82, 2.24) is 0 Å². The predicted molar refractivity (Wildman–Crippen MR) is 83.3 cm³/mol. The second-order valence-corrected chi connectivity index (χ2v) is 9.09. The molecule has 0 unspecified atom stereocenters. The van der Waals surface area contributed by atoms with Gasteiger partial charge in [0.15, 0.2) is 0 Å². The van der Waals surface area contributed by atoms with E-state index >= 15 is 0 Å². The lowest BCUT2D eigenvalue weighted by molar-refractivity contribution is 0.00578. The fraction of sp³-hybridized carbons (Fsp3) is 0.600. The monoisotopic (exact) mass is 275 g/mol. The summed E-state index contributed by atoms with van der Waals surface area (Å²) in [4.78, 5) is 0. The molecule has 1 aliphatic rings. The molecule has 1 fully saturated rings. The van der Waals surface area contributed by atoms with Gasteiger partial charge in [-0.25, -0.2) is 0 Å². The van der Waals surface area contributed by atoms with E-state index in [0.717, 1.165) is 6.32 Å². The second-order valence-electron chi connectivity index (χ2n) is 6.55. The summed E-state index contributed by atoms with van der Waals surface area (Å²) in [5, 5.41) is 1.49. The number of hydrogen-bond acceptors (Lipinski definition) is 2.